The minimum absolute atomic E-state index is 0.0832. The van der Waals surface area contributed by atoms with Crippen LogP contribution in [-0.4, -0.2) is 31.4 Å². The lowest BCUT2D eigenvalue weighted by atomic mass is 10.2. The number of H-pyrrole nitrogens is 1. The Kier molecular flexibility index (Phi) is 4.66. The van der Waals surface area contributed by atoms with Gasteiger partial charge in [0.2, 0.25) is 0 Å². The van der Waals surface area contributed by atoms with Crippen molar-refractivity contribution in [3.8, 4) is 0 Å². The Labute approximate surface area is 140 Å². The maximum absolute atomic E-state index is 12.2. The summed E-state index contributed by atoms with van der Waals surface area (Å²) in [7, 11) is 0. The van der Waals surface area contributed by atoms with Crippen LogP contribution in [-0.2, 0) is 6.54 Å². The third-order valence-corrected chi connectivity index (χ3v) is 4.20. The summed E-state index contributed by atoms with van der Waals surface area (Å²) in [6, 6.07) is 7.46. The Balaban J connectivity index is 1.87. The summed E-state index contributed by atoms with van der Waals surface area (Å²) >= 11 is 0. The van der Waals surface area contributed by atoms with E-state index in [1.165, 1.54) is 0 Å². The van der Waals surface area contributed by atoms with Crippen molar-refractivity contribution in [3.63, 3.8) is 0 Å². The molecule has 2 aromatic heterocycles. The summed E-state index contributed by atoms with van der Waals surface area (Å²) in [5.74, 6) is 0.660. The van der Waals surface area contributed by atoms with Gasteiger partial charge < -0.3 is 4.98 Å². The van der Waals surface area contributed by atoms with Crippen LogP contribution in [0.5, 0.6) is 0 Å². The normalized spacial score (nSPS) is 12.7. The van der Waals surface area contributed by atoms with Gasteiger partial charge in [-0.1, -0.05) is 19.1 Å². The Morgan fingerprint density at radius 2 is 2.00 bits per heavy atom. The second-order valence-electron chi connectivity index (χ2n) is 5.85. The van der Waals surface area contributed by atoms with Crippen LogP contribution in [0.1, 0.15) is 37.1 Å². The van der Waals surface area contributed by atoms with E-state index < -0.39 is 0 Å². The van der Waals surface area contributed by atoms with Gasteiger partial charge in [0.15, 0.2) is 0 Å². The van der Waals surface area contributed by atoms with Crippen molar-refractivity contribution in [2.75, 3.05) is 6.54 Å². The number of fused-ring (bicyclic) bond motifs is 1. The van der Waals surface area contributed by atoms with Crippen molar-refractivity contribution in [2.45, 2.75) is 33.4 Å². The van der Waals surface area contributed by atoms with Gasteiger partial charge in [0.05, 0.1) is 41.1 Å². The number of aryl methyl sites for hydroxylation is 1. The number of rotatable bonds is 5. The minimum Gasteiger partial charge on any atom is -0.309 e. The molecular formula is C18H21N5O. The molecule has 0 unspecified atom stereocenters. The van der Waals surface area contributed by atoms with Crippen molar-refractivity contribution in [1.29, 1.82) is 0 Å². The van der Waals surface area contributed by atoms with E-state index in [1.54, 1.807) is 18.5 Å². The smallest absolute Gasteiger partial charge is 0.258 e. The Morgan fingerprint density at radius 1 is 1.21 bits per heavy atom. The second-order valence-corrected chi connectivity index (χ2v) is 5.85. The topological polar surface area (TPSA) is 74.8 Å². The van der Waals surface area contributed by atoms with Gasteiger partial charge in [-0.2, -0.15) is 0 Å². The van der Waals surface area contributed by atoms with Crippen molar-refractivity contribution < 1.29 is 0 Å². The van der Waals surface area contributed by atoms with E-state index in [2.05, 4.69) is 38.7 Å². The van der Waals surface area contributed by atoms with Crippen molar-refractivity contribution in [2.24, 2.45) is 0 Å². The third-order valence-electron chi connectivity index (χ3n) is 4.20. The van der Waals surface area contributed by atoms with E-state index in [0.717, 1.165) is 23.4 Å². The molecule has 3 rings (SSSR count). The molecule has 1 atom stereocenters. The number of aromatic nitrogens is 4. The fourth-order valence-corrected chi connectivity index (χ4v) is 2.73. The van der Waals surface area contributed by atoms with Gasteiger partial charge in [-0.05, 0) is 32.5 Å². The molecule has 0 aliphatic carbocycles. The third kappa shape index (κ3) is 3.33. The molecule has 1 aromatic carbocycles. The zero-order valence-corrected chi connectivity index (χ0v) is 14.2. The molecule has 0 spiro atoms. The lowest BCUT2D eigenvalue weighted by Gasteiger charge is -2.26. The van der Waals surface area contributed by atoms with Crippen LogP contribution in [0.4, 0.5) is 0 Å². The van der Waals surface area contributed by atoms with Crippen LogP contribution >= 0.6 is 0 Å². The Hall–Kier alpha value is -2.60. The number of benzene rings is 1. The highest BCUT2D eigenvalue weighted by atomic mass is 16.1. The highest BCUT2D eigenvalue weighted by Crippen LogP contribution is 2.19. The SMILES string of the molecule is CCN(Cc1nc2ccccc2c(=O)[nH]1)[C@H](C)c1cnc(C)cn1. The van der Waals surface area contributed by atoms with E-state index in [9.17, 15) is 4.79 Å². The molecule has 0 aliphatic heterocycles. The first-order valence-electron chi connectivity index (χ1n) is 8.09. The van der Waals surface area contributed by atoms with Crippen LogP contribution in [0.25, 0.3) is 10.9 Å². The molecule has 24 heavy (non-hydrogen) atoms. The molecule has 2 heterocycles. The number of hydrogen-bond donors (Lipinski definition) is 1. The summed E-state index contributed by atoms with van der Waals surface area (Å²) in [6.07, 6.45) is 3.58. The van der Waals surface area contributed by atoms with Gasteiger partial charge in [-0.3, -0.25) is 19.7 Å². The van der Waals surface area contributed by atoms with Crippen molar-refractivity contribution in [3.05, 3.63) is 64.2 Å². The number of aromatic amines is 1. The minimum atomic E-state index is -0.102. The molecule has 0 saturated carbocycles. The zero-order chi connectivity index (χ0) is 17.1. The molecule has 1 N–H and O–H groups in total. The first-order valence-corrected chi connectivity index (χ1v) is 8.09. The van der Waals surface area contributed by atoms with Crippen LogP contribution in [0.3, 0.4) is 0 Å². The zero-order valence-electron chi connectivity index (χ0n) is 14.2. The monoisotopic (exact) mass is 323 g/mol. The van der Waals surface area contributed by atoms with Gasteiger partial charge in [-0.25, -0.2) is 4.98 Å². The van der Waals surface area contributed by atoms with E-state index in [4.69, 9.17) is 0 Å². The maximum Gasteiger partial charge on any atom is 0.258 e. The molecule has 124 valence electrons. The molecule has 0 radical (unpaired) electrons. The highest BCUT2D eigenvalue weighted by Gasteiger charge is 2.17. The molecule has 0 amide bonds. The second kappa shape index (κ2) is 6.88. The van der Waals surface area contributed by atoms with E-state index in [-0.39, 0.29) is 11.6 Å². The number of hydrogen-bond acceptors (Lipinski definition) is 5. The fourth-order valence-electron chi connectivity index (χ4n) is 2.73. The van der Waals surface area contributed by atoms with Crippen LogP contribution in [0, 0.1) is 6.92 Å². The van der Waals surface area contributed by atoms with Crippen LogP contribution in [0.15, 0.2) is 41.5 Å². The number of nitrogens with zero attached hydrogens (tertiary/aromatic N) is 4. The van der Waals surface area contributed by atoms with Crippen molar-refractivity contribution >= 4 is 10.9 Å². The average Bonchev–Trinajstić information content (AvgIpc) is 2.60. The Morgan fingerprint density at radius 3 is 2.71 bits per heavy atom. The molecule has 6 nitrogen and oxygen atoms in total. The van der Waals surface area contributed by atoms with Gasteiger partial charge >= 0.3 is 0 Å². The lowest BCUT2D eigenvalue weighted by molar-refractivity contribution is 0.203. The fraction of sp³-hybridized carbons (Fsp3) is 0.333. The summed E-state index contributed by atoms with van der Waals surface area (Å²) in [6.45, 7) is 7.45. The molecular weight excluding hydrogens is 302 g/mol. The molecule has 0 bridgehead atoms. The van der Waals surface area contributed by atoms with Crippen LogP contribution < -0.4 is 5.56 Å². The summed E-state index contributed by atoms with van der Waals surface area (Å²) in [4.78, 5) is 30.7. The predicted molar refractivity (Wildman–Crippen MR) is 93.6 cm³/mol. The molecule has 0 saturated heterocycles. The maximum atomic E-state index is 12.2. The Bertz CT molecular complexity index is 888. The first-order chi connectivity index (χ1) is 11.6. The van der Waals surface area contributed by atoms with E-state index >= 15 is 0 Å². The van der Waals surface area contributed by atoms with Gasteiger partial charge in [-0.15, -0.1) is 0 Å². The largest absolute Gasteiger partial charge is 0.309 e. The standard InChI is InChI=1S/C18H21N5O/c1-4-23(13(3)16-10-19-12(2)9-20-16)11-17-21-15-8-6-5-7-14(15)18(24)22-17/h5-10,13H,4,11H2,1-3H3,(H,21,22,24)/t13-/m1/s1. The van der Waals surface area contributed by atoms with E-state index in [1.807, 2.05) is 25.1 Å². The molecule has 3 aromatic rings. The highest BCUT2D eigenvalue weighted by molar-refractivity contribution is 5.77. The number of nitrogens with one attached hydrogen (secondary N) is 1. The first kappa shape index (κ1) is 16.3. The molecule has 6 heteroatoms. The summed E-state index contributed by atoms with van der Waals surface area (Å²) in [5.41, 5.74) is 2.42. The summed E-state index contributed by atoms with van der Waals surface area (Å²) < 4.78 is 0. The predicted octanol–water partition coefficient (Wildman–Crippen LogP) is 2.60. The molecule has 0 aliphatic rings. The lowest BCUT2D eigenvalue weighted by Crippen LogP contribution is -2.29. The molecule has 0 fully saturated rings. The van der Waals surface area contributed by atoms with Crippen molar-refractivity contribution in [1.82, 2.24) is 24.8 Å². The van der Waals surface area contributed by atoms with Gasteiger partial charge in [0.1, 0.15) is 5.82 Å². The van der Waals surface area contributed by atoms with E-state index in [0.29, 0.717) is 17.8 Å². The van der Waals surface area contributed by atoms with Gasteiger partial charge in [0.25, 0.3) is 5.56 Å². The average molecular weight is 323 g/mol. The quantitative estimate of drug-likeness (QED) is 0.781. The summed E-state index contributed by atoms with van der Waals surface area (Å²) in [5, 5.41) is 0.613. The number of para-hydroxylation sites is 1. The van der Waals surface area contributed by atoms with Gasteiger partial charge in [0, 0.05) is 6.20 Å². The van der Waals surface area contributed by atoms with Crippen LogP contribution in [0.2, 0.25) is 0 Å².